The summed E-state index contributed by atoms with van der Waals surface area (Å²) >= 11 is 0. The second-order valence-electron chi connectivity index (χ2n) is 11.6. The Bertz CT molecular complexity index is 1660. The Hall–Kier alpha value is -4.64. The number of nitrogens with one attached hydrogen (secondary N) is 2. The van der Waals surface area contributed by atoms with Crippen LogP contribution in [-0.4, -0.2) is 71.0 Å². The van der Waals surface area contributed by atoms with E-state index in [0.29, 0.717) is 44.3 Å². The molecule has 226 valence electrons. The average Bonchev–Trinajstić information content (AvgIpc) is 3.63. The third kappa shape index (κ3) is 5.43. The second kappa shape index (κ2) is 12.5. The Morgan fingerprint density at radius 3 is 1.45 bits per heavy atom. The number of carbonyl (C=O) groups excluding carboxylic acids is 2. The van der Waals surface area contributed by atoms with Gasteiger partial charge in [0.2, 0.25) is 0 Å². The molecule has 4 aromatic rings. The zero-order chi connectivity index (χ0) is 30.8. The Morgan fingerprint density at radius 2 is 1.11 bits per heavy atom. The Morgan fingerprint density at radius 1 is 0.727 bits per heavy atom. The van der Waals surface area contributed by atoms with E-state index in [-0.39, 0.29) is 23.3 Å². The van der Waals surface area contributed by atoms with Crippen molar-refractivity contribution < 1.29 is 19.1 Å². The number of aromatic nitrogens is 2. The van der Waals surface area contributed by atoms with Crippen LogP contribution in [0.15, 0.2) is 36.4 Å². The van der Waals surface area contributed by atoms with Gasteiger partial charge in [0.1, 0.15) is 12.1 Å². The van der Waals surface area contributed by atoms with E-state index in [1.165, 1.54) is 0 Å². The van der Waals surface area contributed by atoms with E-state index in [1.54, 1.807) is 36.4 Å². The van der Waals surface area contributed by atoms with Crippen molar-refractivity contribution in [1.82, 2.24) is 19.8 Å². The quantitative estimate of drug-likeness (QED) is 0.227. The Kier molecular flexibility index (Phi) is 8.38. The van der Waals surface area contributed by atoms with E-state index in [0.717, 1.165) is 65.0 Å². The van der Waals surface area contributed by atoms with Gasteiger partial charge in [-0.1, -0.05) is 26.0 Å². The number of ether oxygens (including phenoxy) is 2. The van der Waals surface area contributed by atoms with Crippen LogP contribution in [0.4, 0.5) is 0 Å². The molecule has 0 aliphatic carbocycles. The Balaban J connectivity index is 1.31. The molecule has 2 fully saturated rings. The summed E-state index contributed by atoms with van der Waals surface area (Å²) in [7, 11) is 0. The molecule has 2 aliphatic rings. The van der Waals surface area contributed by atoms with Gasteiger partial charge < -0.3 is 29.2 Å². The summed E-state index contributed by atoms with van der Waals surface area (Å²) in [4.78, 5) is 38.3. The van der Waals surface area contributed by atoms with Crippen molar-refractivity contribution >= 4 is 33.7 Å². The Labute approximate surface area is 256 Å². The van der Waals surface area contributed by atoms with Gasteiger partial charge >= 0.3 is 11.9 Å². The van der Waals surface area contributed by atoms with Gasteiger partial charge in [-0.15, -0.1) is 0 Å². The molecule has 10 nitrogen and oxygen atoms in total. The number of fused-ring (bicyclic) bond motifs is 2. The topological polar surface area (TPSA) is 138 Å². The van der Waals surface area contributed by atoms with Gasteiger partial charge in [-0.2, -0.15) is 10.5 Å². The van der Waals surface area contributed by atoms with Gasteiger partial charge in [0, 0.05) is 22.6 Å². The van der Waals surface area contributed by atoms with Crippen molar-refractivity contribution in [1.29, 1.82) is 10.5 Å². The van der Waals surface area contributed by atoms with Crippen LogP contribution in [0, 0.1) is 22.7 Å². The average molecular weight is 593 g/mol. The van der Waals surface area contributed by atoms with Crippen molar-refractivity contribution in [2.24, 2.45) is 0 Å². The van der Waals surface area contributed by atoms with E-state index in [9.17, 15) is 20.1 Å². The molecule has 2 N–H and O–H groups in total. The molecular formula is C34H36N6O4. The van der Waals surface area contributed by atoms with Crippen LogP contribution in [0.3, 0.4) is 0 Å². The zero-order valence-electron chi connectivity index (χ0n) is 25.1. The number of nitrogens with zero attached hydrogens (tertiary/aromatic N) is 4. The number of esters is 2. The highest BCUT2D eigenvalue weighted by molar-refractivity contribution is 6.31. The summed E-state index contributed by atoms with van der Waals surface area (Å²) in [6.45, 7) is 9.82. The summed E-state index contributed by atoms with van der Waals surface area (Å²) < 4.78 is 11.7. The van der Waals surface area contributed by atoms with Gasteiger partial charge in [-0.25, -0.2) is 9.59 Å². The van der Waals surface area contributed by atoms with Crippen molar-refractivity contribution in [2.75, 3.05) is 39.3 Å². The fourth-order valence-electron chi connectivity index (χ4n) is 6.75. The van der Waals surface area contributed by atoms with E-state index in [4.69, 9.17) is 9.47 Å². The monoisotopic (exact) mass is 592 g/mol. The fraction of sp³-hybridized carbons (Fsp3) is 0.412. The number of hydrogen-bond acceptors (Lipinski definition) is 8. The predicted molar refractivity (Wildman–Crippen MR) is 165 cm³/mol. The molecule has 6 rings (SSSR count). The molecule has 10 heteroatoms. The molecule has 2 aliphatic heterocycles. The minimum Gasteiger partial charge on any atom is -0.415 e. The first-order valence-corrected chi connectivity index (χ1v) is 15.4. The van der Waals surface area contributed by atoms with Crippen LogP contribution in [0.2, 0.25) is 0 Å². The van der Waals surface area contributed by atoms with Crippen molar-refractivity contribution in [3.05, 3.63) is 58.9 Å². The van der Waals surface area contributed by atoms with Gasteiger partial charge in [0.15, 0.2) is 11.5 Å². The normalized spacial score (nSPS) is 17.0. The smallest absolute Gasteiger partial charge is 0.415 e. The molecule has 0 amide bonds. The standard InChI is InChI=1S/C34H36N6O4/c1-3-39-15-11-21(12-16-39)29-31(25-9-5-7-23(19-35)27(25)37-29)43-33(41)34(42)44-32-26-10-6-8-24(20-36)28(26)38-30(32)22-13-17-40(4-2)18-14-22/h5-10,21-22,37-38H,3-4,11-18H2,1-2H3. The van der Waals surface area contributed by atoms with Gasteiger partial charge in [-0.05, 0) is 89.2 Å². The number of carbonyl (C=O) groups is 2. The van der Waals surface area contributed by atoms with Gasteiger partial charge in [0.25, 0.3) is 0 Å². The van der Waals surface area contributed by atoms with E-state index >= 15 is 0 Å². The minimum absolute atomic E-state index is 0.0779. The maximum absolute atomic E-state index is 13.4. The maximum Gasteiger partial charge on any atom is 0.423 e. The number of nitriles is 2. The van der Waals surface area contributed by atoms with E-state index < -0.39 is 11.9 Å². The molecule has 0 radical (unpaired) electrons. The number of para-hydroxylation sites is 2. The first kappa shape index (κ1) is 29.4. The molecule has 44 heavy (non-hydrogen) atoms. The second-order valence-corrected chi connectivity index (χ2v) is 11.6. The highest BCUT2D eigenvalue weighted by Crippen LogP contribution is 2.42. The lowest BCUT2D eigenvalue weighted by Gasteiger charge is -2.31. The largest absolute Gasteiger partial charge is 0.423 e. The maximum atomic E-state index is 13.4. The molecule has 0 spiro atoms. The predicted octanol–water partition coefficient (Wildman–Crippen LogP) is 5.30. The van der Waals surface area contributed by atoms with Crippen LogP contribution in [0.5, 0.6) is 11.5 Å². The zero-order valence-corrected chi connectivity index (χ0v) is 25.1. The molecule has 2 aromatic heterocycles. The molecule has 2 aromatic carbocycles. The number of piperidine rings is 2. The fourth-order valence-corrected chi connectivity index (χ4v) is 6.75. The summed E-state index contributed by atoms with van der Waals surface area (Å²) in [6, 6.07) is 14.9. The molecule has 4 heterocycles. The lowest BCUT2D eigenvalue weighted by Crippen LogP contribution is -2.33. The SMILES string of the molecule is CCN1CCC(c2[nH]c3c(C#N)cccc3c2OC(=O)C(=O)Oc2c(C3CCN(CC)CC3)[nH]c3c(C#N)cccc23)CC1. The molecule has 0 unspecified atom stereocenters. The number of likely N-dealkylation sites (tertiary alicyclic amines) is 2. The van der Waals surface area contributed by atoms with Crippen LogP contribution in [0.25, 0.3) is 21.8 Å². The third-order valence-corrected chi connectivity index (χ3v) is 9.31. The lowest BCUT2D eigenvalue weighted by molar-refractivity contribution is -0.156. The number of rotatable bonds is 6. The summed E-state index contributed by atoms with van der Waals surface area (Å²) in [5.41, 5.74) is 3.47. The van der Waals surface area contributed by atoms with Crippen molar-refractivity contribution in [2.45, 2.75) is 51.4 Å². The first-order valence-electron chi connectivity index (χ1n) is 15.4. The molecular weight excluding hydrogens is 556 g/mol. The van der Waals surface area contributed by atoms with Crippen LogP contribution in [-0.2, 0) is 9.59 Å². The number of aromatic amines is 2. The van der Waals surface area contributed by atoms with Crippen LogP contribution in [0.1, 0.15) is 73.9 Å². The summed E-state index contributed by atoms with van der Waals surface area (Å²) in [5, 5.41) is 20.6. The minimum atomic E-state index is -1.14. The molecule has 0 atom stereocenters. The van der Waals surface area contributed by atoms with Gasteiger partial charge in [-0.3, -0.25) is 0 Å². The highest BCUT2D eigenvalue weighted by atomic mass is 16.6. The van der Waals surface area contributed by atoms with Crippen LogP contribution >= 0.6 is 0 Å². The van der Waals surface area contributed by atoms with Crippen molar-refractivity contribution in [3.8, 4) is 23.6 Å². The summed E-state index contributed by atoms with van der Waals surface area (Å²) in [5.74, 6) is -1.59. The van der Waals surface area contributed by atoms with E-state index in [2.05, 4.69) is 45.8 Å². The molecule has 0 saturated carbocycles. The first-order chi connectivity index (χ1) is 21.4. The number of benzene rings is 2. The van der Waals surface area contributed by atoms with Crippen LogP contribution < -0.4 is 9.47 Å². The third-order valence-electron chi connectivity index (χ3n) is 9.31. The summed E-state index contributed by atoms with van der Waals surface area (Å²) in [6.07, 6.45) is 3.42. The highest BCUT2D eigenvalue weighted by Gasteiger charge is 2.32. The lowest BCUT2D eigenvalue weighted by atomic mass is 9.93. The number of H-pyrrole nitrogens is 2. The van der Waals surface area contributed by atoms with E-state index in [1.807, 2.05) is 0 Å². The molecule has 2 saturated heterocycles. The number of hydrogen-bond donors (Lipinski definition) is 2. The molecule has 0 bridgehead atoms. The van der Waals surface area contributed by atoms with Gasteiger partial charge in [0.05, 0.1) is 33.5 Å². The van der Waals surface area contributed by atoms with Crippen molar-refractivity contribution in [3.63, 3.8) is 0 Å².